The molecule has 26 heavy (non-hydrogen) atoms. The number of carbonyl (C=O) groups is 1. The zero-order chi connectivity index (χ0) is 18.9. The molecule has 8 heteroatoms. The van der Waals surface area contributed by atoms with Crippen LogP contribution in [-0.4, -0.2) is 35.6 Å². The second kappa shape index (κ2) is 6.81. The van der Waals surface area contributed by atoms with Gasteiger partial charge in [0.05, 0.1) is 19.1 Å². The second-order valence-corrected chi connectivity index (χ2v) is 7.42. The van der Waals surface area contributed by atoms with Crippen molar-refractivity contribution in [3.63, 3.8) is 0 Å². The van der Waals surface area contributed by atoms with Crippen LogP contribution < -0.4 is 19.5 Å². The summed E-state index contributed by atoms with van der Waals surface area (Å²) in [5.74, 6) is 0.866. The third-order valence-electron chi connectivity index (χ3n) is 4.09. The number of methoxy groups -OCH3 is 2. The van der Waals surface area contributed by atoms with Gasteiger partial charge in [-0.2, -0.15) is 0 Å². The summed E-state index contributed by atoms with van der Waals surface area (Å²) >= 11 is 0. The fourth-order valence-corrected chi connectivity index (χ4v) is 3.46. The Labute approximate surface area is 151 Å². The molecule has 2 aromatic rings. The Morgan fingerprint density at radius 1 is 1.08 bits per heavy atom. The van der Waals surface area contributed by atoms with E-state index in [0.29, 0.717) is 33.9 Å². The van der Waals surface area contributed by atoms with Crippen molar-refractivity contribution in [1.29, 1.82) is 0 Å². The Morgan fingerprint density at radius 3 is 2.50 bits per heavy atom. The van der Waals surface area contributed by atoms with Gasteiger partial charge in [0.1, 0.15) is 11.5 Å². The molecule has 136 valence electrons. The van der Waals surface area contributed by atoms with Crippen molar-refractivity contribution in [2.75, 3.05) is 26.6 Å². The number of ether oxygens (including phenoxy) is 2. The van der Waals surface area contributed by atoms with Gasteiger partial charge in [-0.15, -0.1) is 0 Å². The molecular weight excluding hydrogens is 356 g/mol. The average Bonchev–Trinajstić information content (AvgIpc) is 2.96. The molecule has 2 aromatic carbocycles. The summed E-state index contributed by atoms with van der Waals surface area (Å²) in [5, 5.41) is 2.74. The molecule has 0 fully saturated rings. The minimum atomic E-state index is -3.62. The van der Waals surface area contributed by atoms with Crippen molar-refractivity contribution in [2.24, 2.45) is 0 Å². The highest BCUT2D eigenvalue weighted by atomic mass is 32.2. The van der Waals surface area contributed by atoms with E-state index in [1.807, 2.05) is 0 Å². The van der Waals surface area contributed by atoms with Crippen LogP contribution in [0.5, 0.6) is 11.5 Å². The molecule has 1 aliphatic heterocycles. The molecule has 2 N–H and O–H groups in total. The number of hydrogen-bond acceptors (Lipinski definition) is 5. The Balaban J connectivity index is 2.15. The molecule has 0 aromatic heterocycles. The SMILES string of the molecule is CNS(=O)(=O)c1ccc2c(c1)C(=Cc1cc(OC)ccc1OC)C(=O)N2. The Kier molecular flexibility index (Phi) is 4.71. The van der Waals surface area contributed by atoms with E-state index in [-0.39, 0.29) is 10.8 Å². The van der Waals surface area contributed by atoms with Crippen molar-refractivity contribution < 1.29 is 22.7 Å². The highest BCUT2D eigenvalue weighted by Gasteiger charge is 2.26. The summed E-state index contributed by atoms with van der Waals surface area (Å²) < 4.78 is 36.9. The van der Waals surface area contributed by atoms with E-state index in [1.165, 1.54) is 26.3 Å². The molecule has 0 radical (unpaired) electrons. The van der Waals surface area contributed by atoms with Crippen molar-refractivity contribution >= 4 is 33.3 Å². The molecule has 0 saturated carbocycles. The van der Waals surface area contributed by atoms with Gasteiger partial charge in [-0.25, -0.2) is 13.1 Å². The van der Waals surface area contributed by atoms with Crippen LogP contribution in [-0.2, 0) is 14.8 Å². The van der Waals surface area contributed by atoms with E-state index < -0.39 is 10.0 Å². The van der Waals surface area contributed by atoms with Crippen LogP contribution in [0.3, 0.4) is 0 Å². The quantitative estimate of drug-likeness (QED) is 0.782. The van der Waals surface area contributed by atoms with E-state index in [1.54, 1.807) is 37.5 Å². The van der Waals surface area contributed by atoms with Gasteiger partial charge in [-0.1, -0.05) is 0 Å². The molecule has 0 unspecified atom stereocenters. The minimum absolute atomic E-state index is 0.0822. The van der Waals surface area contributed by atoms with Crippen LogP contribution in [0, 0.1) is 0 Å². The van der Waals surface area contributed by atoms with Gasteiger partial charge in [0, 0.05) is 22.4 Å². The fraction of sp³-hybridized carbons (Fsp3) is 0.167. The third kappa shape index (κ3) is 3.16. The summed E-state index contributed by atoms with van der Waals surface area (Å²) in [6.07, 6.45) is 1.65. The van der Waals surface area contributed by atoms with E-state index in [4.69, 9.17) is 9.47 Å². The standard InChI is InChI=1S/C18H18N2O5S/c1-19-26(22,23)13-5-6-16-14(10-13)15(18(21)20-16)9-11-8-12(24-2)4-7-17(11)25-3/h4-10,19H,1-3H3,(H,20,21). The van der Waals surface area contributed by atoms with Crippen molar-refractivity contribution in [3.8, 4) is 11.5 Å². The molecule has 0 saturated heterocycles. The lowest BCUT2D eigenvalue weighted by Crippen LogP contribution is -2.18. The van der Waals surface area contributed by atoms with Crippen LogP contribution in [0.2, 0.25) is 0 Å². The molecule has 0 aliphatic carbocycles. The number of hydrogen-bond donors (Lipinski definition) is 2. The van der Waals surface area contributed by atoms with Crippen LogP contribution >= 0.6 is 0 Å². The van der Waals surface area contributed by atoms with Gasteiger partial charge in [0.15, 0.2) is 0 Å². The maximum atomic E-state index is 12.4. The number of anilines is 1. The number of carbonyl (C=O) groups excluding carboxylic acids is 1. The van der Waals surface area contributed by atoms with E-state index in [9.17, 15) is 13.2 Å². The first kappa shape index (κ1) is 18.0. The van der Waals surface area contributed by atoms with Gasteiger partial charge in [-0.05, 0) is 49.5 Å². The summed E-state index contributed by atoms with van der Waals surface area (Å²) in [6.45, 7) is 0. The van der Waals surface area contributed by atoms with Crippen LogP contribution in [0.25, 0.3) is 11.6 Å². The maximum Gasteiger partial charge on any atom is 0.256 e. The minimum Gasteiger partial charge on any atom is -0.497 e. The third-order valence-corrected chi connectivity index (χ3v) is 5.50. The zero-order valence-corrected chi connectivity index (χ0v) is 15.3. The lowest BCUT2D eigenvalue weighted by atomic mass is 10.0. The molecule has 0 bridgehead atoms. The van der Waals surface area contributed by atoms with Crippen LogP contribution in [0.15, 0.2) is 41.3 Å². The number of nitrogens with one attached hydrogen (secondary N) is 2. The first-order valence-electron chi connectivity index (χ1n) is 7.72. The molecule has 1 heterocycles. The monoisotopic (exact) mass is 374 g/mol. The van der Waals surface area contributed by atoms with Crippen LogP contribution in [0.1, 0.15) is 11.1 Å². The van der Waals surface area contributed by atoms with Gasteiger partial charge in [0.2, 0.25) is 10.0 Å². The fourth-order valence-electron chi connectivity index (χ4n) is 2.70. The number of rotatable bonds is 5. The second-order valence-electron chi connectivity index (χ2n) is 5.53. The van der Waals surface area contributed by atoms with Gasteiger partial charge in [0.25, 0.3) is 5.91 Å². The maximum absolute atomic E-state index is 12.4. The summed E-state index contributed by atoms with van der Waals surface area (Å²) in [5.41, 5.74) is 2.06. The average molecular weight is 374 g/mol. The van der Waals surface area contributed by atoms with Gasteiger partial charge >= 0.3 is 0 Å². The molecule has 0 spiro atoms. The Hall–Kier alpha value is -2.84. The highest BCUT2D eigenvalue weighted by Crippen LogP contribution is 2.36. The van der Waals surface area contributed by atoms with Crippen molar-refractivity contribution in [2.45, 2.75) is 4.90 Å². The van der Waals surface area contributed by atoms with E-state index in [0.717, 1.165) is 0 Å². The molecule has 1 aliphatic rings. The van der Waals surface area contributed by atoms with E-state index >= 15 is 0 Å². The van der Waals surface area contributed by atoms with Gasteiger partial charge < -0.3 is 14.8 Å². The number of fused-ring (bicyclic) bond motifs is 1. The predicted molar refractivity (Wildman–Crippen MR) is 98.7 cm³/mol. The molecule has 1 amide bonds. The first-order chi connectivity index (χ1) is 12.4. The smallest absolute Gasteiger partial charge is 0.256 e. The summed E-state index contributed by atoms with van der Waals surface area (Å²) in [6, 6.07) is 9.71. The highest BCUT2D eigenvalue weighted by molar-refractivity contribution is 7.89. The number of amides is 1. The molecule has 7 nitrogen and oxygen atoms in total. The van der Waals surface area contributed by atoms with Gasteiger partial charge in [-0.3, -0.25) is 4.79 Å². The summed E-state index contributed by atoms with van der Waals surface area (Å²) in [7, 11) is 0.798. The predicted octanol–water partition coefficient (Wildman–Crippen LogP) is 2.10. The first-order valence-corrected chi connectivity index (χ1v) is 9.21. The van der Waals surface area contributed by atoms with Crippen LogP contribution in [0.4, 0.5) is 5.69 Å². The topological polar surface area (TPSA) is 93.7 Å². The van der Waals surface area contributed by atoms with Crippen molar-refractivity contribution in [1.82, 2.24) is 4.72 Å². The lowest BCUT2D eigenvalue weighted by molar-refractivity contribution is -0.110. The number of benzene rings is 2. The molecular formula is C18H18N2O5S. The van der Waals surface area contributed by atoms with E-state index in [2.05, 4.69) is 10.0 Å². The molecule has 3 rings (SSSR count). The van der Waals surface area contributed by atoms with Crippen molar-refractivity contribution in [3.05, 3.63) is 47.5 Å². The Morgan fingerprint density at radius 2 is 1.85 bits per heavy atom. The largest absolute Gasteiger partial charge is 0.497 e. The number of sulfonamides is 1. The summed E-state index contributed by atoms with van der Waals surface area (Å²) in [4.78, 5) is 12.5. The lowest BCUT2D eigenvalue weighted by Gasteiger charge is -2.08. The zero-order valence-electron chi connectivity index (χ0n) is 14.5. The molecule has 0 atom stereocenters. The Bertz CT molecular complexity index is 1010. The normalized spacial score (nSPS) is 14.9.